The molecule has 1 saturated heterocycles. The molecule has 0 bridgehead atoms. The first kappa shape index (κ1) is 17.3. The summed E-state index contributed by atoms with van der Waals surface area (Å²) in [6.07, 6.45) is 5.01. The highest BCUT2D eigenvalue weighted by Crippen LogP contribution is 2.36. The number of nitrogens with zero attached hydrogens (tertiary/aromatic N) is 3. The molecule has 0 spiro atoms. The Balaban J connectivity index is 1.65. The lowest BCUT2D eigenvalue weighted by Crippen LogP contribution is -2.27. The summed E-state index contributed by atoms with van der Waals surface area (Å²) >= 11 is 6.55. The number of thioether (sulfide) groups is 1. The number of thiocarbonyl (C=S) groups is 1. The largest absolute Gasteiger partial charge is 0.478 e. The lowest BCUT2D eigenvalue weighted by molar-refractivity contribution is -0.113. The molecular formula is C19H11N3O3S2. The molecule has 1 aromatic heterocycles. The second-order valence-corrected chi connectivity index (χ2v) is 7.35. The number of fused-ring (bicyclic) bond motifs is 1. The van der Waals surface area contributed by atoms with Crippen molar-refractivity contribution in [2.75, 3.05) is 4.90 Å². The zero-order valence-electron chi connectivity index (χ0n) is 13.7. The number of benzene rings is 2. The Hall–Kier alpha value is -3.10. The van der Waals surface area contributed by atoms with Gasteiger partial charge in [-0.05, 0) is 48.0 Å². The fourth-order valence-electron chi connectivity index (χ4n) is 2.66. The summed E-state index contributed by atoms with van der Waals surface area (Å²) in [6.45, 7) is 0. The van der Waals surface area contributed by atoms with Crippen molar-refractivity contribution >= 4 is 63.0 Å². The number of hydrogen-bond donors (Lipinski definition) is 1. The van der Waals surface area contributed by atoms with Crippen molar-refractivity contribution in [1.29, 1.82) is 0 Å². The average molecular weight is 393 g/mol. The van der Waals surface area contributed by atoms with Gasteiger partial charge in [0.25, 0.3) is 5.91 Å². The van der Waals surface area contributed by atoms with E-state index < -0.39 is 5.97 Å². The van der Waals surface area contributed by atoms with E-state index >= 15 is 0 Å². The Labute approximate surface area is 163 Å². The molecule has 6 nitrogen and oxygen atoms in total. The van der Waals surface area contributed by atoms with Gasteiger partial charge in [0.05, 0.1) is 27.2 Å². The zero-order valence-corrected chi connectivity index (χ0v) is 15.3. The van der Waals surface area contributed by atoms with Crippen LogP contribution in [0.5, 0.6) is 0 Å². The van der Waals surface area contributed by atoms with Crippen molar-refractivity contribution in [3.63, 3.8) is 0 Å². The fourth-order valence-corrected chi connectivity index (χ4v) is 3.96. The van der Waals surface area contributed by atoms with E-state index in [0.717, 1.165) is 16.6 Å². The third-order valence-electron chi connectivity index (χ3n) is 3.96. The maximum absolute atomic E-state index is 12.8. The van der Waals surface area contributed by atoms with Crippen LogP contribution in [0.2, 0.25) is 0 Å². The van der Waals surface area contributed by atoms with E-state index in [-0.39, 0.29) is 11.5 Å². The predicted octanol–water partition coefficient (Wildman–Crippen LogP) is 3.73. The molecule has 0 radical (unpaired) electrons. The Morgan fingerprint density at radius 3 is 2.48 bits per heavy atom. The highest BCUT2D eigenvalue weighted by Gasteiger charge is 2.33. The molecule has 132 valence electrons. The first-order valence-electron chi connectivity index (χ1n) is 7.85. The van der Waals surface area contributed by atoms with Crippen molar-refractivity contribution in [1.82, 2.24) is 9.97 Å². The van der Waals surface area contributed by atoms with Crippen LogP contribution in [0, 0.1) is 0 Å². The minimum absolute atomic E-state index is 0.150. The van der Waals surface area contributed by atoms with E-state index in [0.29, 0.717) is 14.9 Å². The minimum atomic E-state index is -1.02. The number of hydrogen-bond acceptors (Lipinski definition) is 6. The van der Waals surface area contributed by atoms with E-state index in [4.69, 9.17) is 17.3 Å². The molecule has 8 heteroatoms. The second kappa shape index (κ2) is 6.90. The number of carbonyl (C=O) groups is 2. The van der Waals surface area contributed by atoms with Crippen LogP contribution in [0.25, 0.3) is 17.1 Å². The highest BCUT2D eigenvalue weighted by atomic mass is 32.2. The Kier molecular flexibility index (Phi) is 4.43. The van der Waals surface area contributed by atoms with Gasteiger partial charge >= 0.3 is 5.97 Å². The molecule has 1 amide bonds. The third-order valence-corrected chi connectivity index (χ3v) is 5.26. The van der Waals surface area contributed by atoms with Crippen LogP contribution in [-0.2, 0) is 4.79 Å². The summed E-state index contributed by atoms with van der Waals surface area (Å²) in [5, 5.41) is 9.00. The van der Waals surface area contributed by atoms with Gasteiger partial charge in [-0.3, -0.25) is 19.7 Å². The summed E-state index contributed by atoms with van der Waals surface area (Å²) in [5.74, 6) is -1.27. The van der Waals surface area contributed by atoms with Crippen LogP contribution in [0.1, 0.15) is 15.9 Å². The van der Waals surface area contributed by atoms with Gasteiger partial charge in [-0.25, -0.2) is 4.79 Å². The minimum Gasteiger partial charge on any atom is -0.478 e. The number of aromatic carboxylic acids is 1. The number of anilines is 1. The van der Waals surface area contributed by atoms with Gasteiger partial charge in [0.1, 0.15) is 0 Å². The molecule has 0 unspecified atom stereocenters. The van der Waals surface area contributed by atoms with E-state index in [1.54, 1.807) is 30.6 Å². The molecule has 2 aromatic carbocycles. The van der Waals surface area contributed by atoms with Crippen molar-refractivity contribution in [2.24, 2.45) is 0 Å². The van der Waals surface area contributed by atoms with Crippen LogP contribution in [0.15, 0.2) is 59.8 Å². The SMILES string of the molecule is O=C(O)c1ccc(N2C(=O)/C(=C\c3ccc4nccnc4c3)SC2=S)cc1. The normalized spacial score (nSPS) is 15.7. The third kappa shape index (κ3) is 3.32. The van der Waals surface area contributed by atoms with Crippen molar-refractivity contribution in [3.8, 4) is 0 Å². The van der Waals surface area contributed by atoms with Crippen LogP contribution in [-0.4, -0.2) is 31.3 Å². The van der Waals surface area contributed by atoms with Crippen molar-refractivity contribution < 1.29 is 14.7 Å². The summed E-state index contributed by atoms with van der Waals surface area (Å²) in [7, 11) is 0. The quantitative estimate of drug-likeness (QED) is 0.536. The van der Waals surface area contributed by atoms with Crippen molar-refractivity contribution in [3.05, 3.63) is 70.9 Å². The monoisotopic (exact) mass is 393 g/mol. The molecule has 1 aliphatic rings. The maximum atomic E-state index is 12.8. The average Bonchev–Trinajstić information content (AvgIpc) is 2.95. The number of aromatic nitrogens is 2. The zero-order chi connectivity index (χ0) is 19.0. The summed E-state index contributed by atoms with van der Waals surface area (Å²) in [4.78, 5) is 34.2. The lowest BCUT2D eigenvalue weighted by Gasteiger charge is -2.14. The summed E-state index contributed by atoms with van der Waals surface area (Å²) in [6, 6.07) is 11.6. The molecule has 1 N–H and O–H groups in total. The Morgan fingerprint density at radius 1 is 1.07 bits per heavy atom. The van der Waals surface area contributed by atoms with Gasteiger partial charge in [0.2, 0.25) is 0 Å². The molecule has 3 aromatic rings. The first-order valence-corrected chi connectivity index (χ1v) is 9.07. The van der Waals surface area contributed by atoms with Gasteiger partial charge in [0, 0.05) is 12.4 Å². The standard InChI is InChI=1S/C19H11N3O3S2/c23-17-16(10-11-1-6-14-15(9-11)21-8-7-20-14)27-19(26)22(17)13-4-2-12(3-5-13)18(24)25/h1-10H,(H,24,25)/b16-10+. The molecule has 2 heterocycles. The topological polar surface area (TPSA) is 83.4 Å². The molecular weight excluding hydrogens is 382 g/mol. The number of carboxylic acid groups (broad SMARTS) is 1. The first-order chi connectivity index (χ1) is 13.0. The molecule has 0 atom stereocenters. The number of carbonyl (C=O) groups excluding carboxylic acids is 1. The van der Waals surface area contributed by atoms with Crippen LogP contribution >= 0.6 is 24.0 Å². The van der Waals surface area contributed by atoms with Gasteiger partial charge in [0.15, 0.2) is 4.32 Å². The fraction of sp³-hybridized carbons (Fsp3) is 0. The molecule has 4 rings (SSSR count). The van der Waals surface area contributed by atoms with Gasteiger partial charge in [-0.2, -0.15) is 0 Å². The van der Waals surface area contributed by atoms with E-state index in [9.17, 15) is 9.59 Å². The van der Waals surface area contributed by atoms with Crippen LogP contribution in [0.4, 0.5) is 5.69 Å². The van der Waals surface area contributed by atoms with Crippen LogP contribution < -0.4 is 4.90 Å². The smallest absolute Gasteiger partial charge is 0.335 e. The molecule has 0 saturated carbocycles. The number of amides is 1. The predicted molar refractivity (Wildman–Crippen MR) is 109 cm³/mol. The highest BCUT2D eigenvalue weighted by molar-refractivity contribution is 8.27. The van der Waals surface area contributed by atoms with Gasteiger partial charge in [-0.1, -0.05) is 30.0 Å². The molecule has 1 fully saturated rings. The number of carboxylic acids is 1. The van der Waals surface area contributed by atoms with Crippen LogP contribution in [0.3, 0.4) is 0 Å². The molecule has 1 aliphatic heterocycles. The number of rotatable bonds is 3. The Morgan fingerprint density at radius 2 is 1.78 bits per heavy atom. The van der Waals surface area contributed by atoms with E-state index in [2.05, 4.69) is 9.97 Å². The molecule has 27 heavy (non-hydrogen) atoms. The molecule has 0 aliphatic carbocycles. The van der Waals surface area contributed by atoms with E-state index in [1.165, 1.54) is 28.8 Å². The van der Waals surface area contributed by atoms with E-state index in [1.807, 2.05) is 18.2 Å². The maximum Gasteiger partial charge on any atom is 0.335 e. The van der Waals surface area contributed by atoms with Gasteiger partial charge < -0.3 is 5.11 Å². The Bertz CT molecular complexity index is 1130. The summed E-state index contributed by atoms with van der Waals surface area (Å²) < 4.78 is 0.398. The second-order valence-electron chi connectivity index (χ2n) is 5.67. The van der Waals surface area contributed by atoms with Gasteiger partial charge in [-0.15, -0.1) is 0 Å². The lowest BCUT2D eigenvalue weighted by atomic mass is 10.1. The van der Waals surface area contributed by atoms with Crippen molar-refractivity contribution in [2.45, 2.75) is 0 Å². The summed E-state index contributed by atoms with van der Waals surface area (Å²) in [5.41, 5.74) is 3.03.